The maximum Gasteiger partial charge on any atom is 0.254 e. The monoisotopic (exact) mass is 348 g/mol. The van der Waals surface area contributed by atoms with Gasteiger partial charge < -0.3 is 9.47 Å². The molecule has 1 aromatic heterocycles. The van der Waals surface area contributed by atoms with E-state index in [1.807, 2.05) is 48.5 Å². The molecule has 0 saturated carbocycles. The number of hydrogen-bond donors (Lipinski definition) is 0. The Hall–Kier alpha value is -1.55. The first kappa shape index (κ1) is 15.8. The Morgan fingerprint density at radius 1 is 1.24 bits per heavy atom. The van der Waals surface area contributed by atoms with Crippen molar-refractivity contribution >= 4 is 21.8 Å². The predicted octanol–water partition coefficient (Wildman–Crippen LogP) is 4.23. The van der Waals surface area contributed by atoms with Crippen LogP contribution in [-0.2, 0) is 13.6 Å². The third kappa shape index (κ3) is 4.21. The number of aryl methyl sites for hydroxylation is 1. The second-order valence-corrected chi connectivity index (χ2v) is 6.11. The van der Waals surface area contributed by atoms with Gasteiger partial charge in [-0.15, -0.1) is 0 Å². The Kier molecular flexibility index (Phi) is 5.62. The molecule has 0 unspecified atom stereocenters. The van der Waals surface area contributed by atoms with Gasteiger partial charge in [0.15, 0.2) is 0 Å². The van der Waals surface area contributed by atoms with Gasteiger partial charge in [0, 0.05) is 35.5 Å². The molecule has 2 rings (SSSR count). The highest BCUT2D eigenvalue weighted by molar-refractivity contribution is 9.10. The smallest absolute Gasteiger partial charge is 0.254 e. The van der Waals surface area contributed by atoms with E-state index < -0.39 is 0 Å². The van der Waals surface area contributed by atoms with Crippen LogP contribution in [0.3, 0.4) is 0 Å². The van der Waals surface area contributed by atoms with E-state index in [1.165, 1.54) is 0 Å². The minimum absolute atomic E-state index is 0.0946. The van der Waals surface area contributed by atoms with Crippen molar-refractivity contribution in [2.45, 2.75) is 26.3 Å². The van der Waals surface area contributed by atoms with Crippen LogP contribution >= 0.6 is 15.9 Å². The van der Waals surface area contributed by atoms with Crippen LogP contribution in [0.25, 0.3) is 0 Å². The summed E-state index contributed by atoms with van der Waals surface area (Å²) >= 11 is 3.40. The zero-order chi connectivity index (χ0) is 15.2. The van der Waals surface area contributed by atoms with Crippen molar-refractivity contribution in [1.29, 1.82) is 0 Å². The summed E-state index contributed by atoms with van der Waals surface area (Å²) in [6.07, 6.45) is 4.11. The molecule has 0 atom stereocenters. The molecule has 21 heavy (non-hydrogen) atoms. The van der Waals surface area contributed by atoms with Gasteiger partial charge >= 0.3 is 0 Å². The van der Waals surface area contributed by atoms with Crippen molar-refractivity contribution in [2.24, 2.45) is 7.05 Å². The molecule has 0 radical (unpaired) electrons. The van der Waals surface area contributed by atoms with Crippen molar-refractivity contribution in [3.05, 3.63) is 58.3 Å². The minimum Gasteiger partial charge on any atom is -0.353 e. The van der Waals surface area contributed by atoms with E-state index in [-0.39, 0.29) is 5.91 Å². The molecule has 0 spiro atoms. The molecule has 1 amide bonds. The van der Waals surface area contributed by atoms with Crippen LogP contribution in [0.2, 0.25) is 0 Å². The third-order valence-corrected chi connectivity index (χ3v) is 4.09. The number of rotatable bonds is 6. The number of carbonyl (C=O) groups is 1. The highest BCUT2D eigenvalue weighted by Gasteiger charge is 2.16. The maximum absolute atomic E-state index is 12.7. The van der Waals surface area contributed by atoms with Crippen molar-refractivity contribution in [3.63, 3.8) is 0 Å². The standard InChI is InChI=1S/C17H21BrN2O/c1-3-4-12-20(13-16-6-5-11-19(16)2)17(21)14-7-9-15(18)10-8-14/h5-11H,3-4,12-13H2,1-2H3. The molecule has 4 heteroatoms. The van der Waals surface area contributed by atoms with Gasteiger partial charge in [-0.2, -0.15) is 0 Å². The zero-order valence-electron chi connectivity index (χ0n) is 12.6. The van der Waals surface area contributed by atoms with E-state index in [9.17, 15) is 4.79 Å². The highest BCUT2D eigenvalue weighted by Crippen LogP contribution is 2.15. The van der Waals surface area contributed by atoms with Crippen molar-refractivity contribution < 1.29 is 4.79 Å². The van der Waals surface area contributed by atoms with Gasteiger partial charge in [-0.1, -0.05) is 29.3 Å². The van der Waals surface area contributed by atoms with E-state index in [2.05, 4.69) is 33.5 Å². The first-order chi connectivity index (χ1) is 10.1. The van der Waals surface area contributed by atoms with Gasteiger partial charge in [-0.25, -0.2) is 0 Å². The molecule has 2 aromatic rings. The summed E-state index contributed by atoms with van der Waals surface area (Å²) in [6.45, 7) is 3.58. The van der Waals surface area contributed by atoms with Crippen LogP contribution in [0.4, 0.5) is 0 Å². The van der Waals surface area contributed by atoms with E-state index in [4.69, 9.17) is 0 Å². The lowest BCUT2D eigenvalue weighted by atomic mass is 10.2. The Balaban J connectivity index is 2.16. The van der Waals surface area contributed by atoms with Gasteiger partial charge in [-0.3, -0.25) is 4.79 Å². The Labute approximate surface area is 134 Å². The van der Waals surface area contributed by atoms with Crippen molar-refractivity contribution in [2.75, 3.05) is 6.54 Å². The zero-order valence-corrected chi connectivity index (χ0v) is 14.1. The summed E-state index contributed by atoms with van der Waals surface area (Å²) in [7, 11) is 2.01. The summed E-state index contributed by atoms with van der Waals surface area (Å²) in [5.41, 5.74) is 1.89. The number of nitrogens with zero attached hydrogens (tertiary/aromatic N) is 2. The Morgan fingerprint density at radius 2 is 1.95 bits per heavy atom. The molecule has 0 N–H and O–H groups in total. The van der Waals surface area contributed by atoms with Crippen molar-refractivity contribution in [3.8, 4) is 0 Å². The lowest BCUT2D eigenvalue weighted by Gasteiger charge is -2.23. The average Bonchev–Trinajstić information content (AvgIpc) is 2.88. The number of unbranched alkanes of at least 4 members (excludes halogenated alkanes) is 1. The van der Waals surface area contributed by atoms with Gasteiger partial charge in [0.2, 0.25) is 0 Å². The minimum atomic E-state index is 0.0946. The lowest BCUT2D eigenvalue weighted by molar-refractivity contribution is 0.0737. The molecular weight excluding hydrogens is 328 g/mol. The average molecular weight is 349 g/mol. The third-order valence-electron chi connectivity index (χ3n) is 3.56. The molecule has 0 aliphatic heterocycles. The van der Waals surface area contributed by atoms with Crippen LogP contribution in [0.1, 0.15) is 35.8 Å². The quantitative estimate of drug-likeness (QED) is 0.766. The molecule has 1 heterocycles. The number of benzene rings is 1. The van der Waals surface area contributed by atoms with Gasteiger partial charge in [0.1, 0.15) is 0 Å². The second-order valence-electron chi connectivity index (χ2n) is 5.20. The number of carbonyl (C=O) groups excluding carboxylic acids is 1. The molecular formula is C17H21BrN2O. The Bertz CT molecular complexity index is 589. The van der Waals surface area contributed by atoms with Gasteiger partial charge in [0.05, 0.1) is 6.54 Å². The SMILES string of the molecule is CCCCN(Cc1cccn1C)C(=O)c1ccc(Br)cc1. The Morgan fingerprint density at radius 3 is 2.52 bits per heavy atom. The summed E-state index contributed by atoms with van der Waals surface area (Å²) in [5.74, 6) is 0.0946. The van der Waals surface area contributed by atoms with Crippen LogP contribution in [0, 0.1) is 0 Å². The number of halogens is 1. The fraction of sp³-hybridized carbons (Fsp3) is 0.353. The largest absolute Gasteiger partial charge is 0.353 e. The fourth-order valence-corrected chi connectivity index (χ4v) is 2.50. The molecule has 1 aromatic carbocycles. The number of amides is 1. The van der Waals surface area contributed by atoms with E-state index in [0.717, 1.165) is 35.1 Å². The van der Waals surface area contributed by atoms with Crippen LogP contribution < -0.4 is 0 Å². The molecule has 0 aliphatic carbocycles. The normalized spacial score (nSPS) is 10.6. The first-order valence-electron chi connectivity index (χ1n) is 7.27. The van der Waals surface area contributed by atoms with Crippen molar-refractivity contribution in [1.82, 2.24) is 9.47 Å². The number of hydrogen-bond acceptors (Lipinski definition) is 1. The van der Waals surface area contributed by atoms with E-state index >= 15 is 0 Å². The number of aromatic nitrogens is 1. The molecule has 112 valence electrons. The topological polar surface area (TPSA) is 25.2 Å². The fourth-order valence-electron chi connectivity index (χ4n) is 2.23. The maximum atomic E-state index is 12.7. The van der Waals surface area contributed by atoms with Gasteiger partial charge in [-0.05, 0) is 42.8 Å². The summed E-state index contributed by atoms with van der Waals surface area (Å²) in [5, 5.41) is 0. The van der Waals surface area contributed by atoms with Crippen LogP contribution in [0.15, 0.2) is 47.1 Å². The molecule has 0 fully saturated rings. The molecule has 0 bridgehead atoms. The molecule has 0 aliphatic rings. The van der Waals surface area contributed by atoms with Crippen LogP contribution in [-0.4, -0.2) is 21.9 Å². The second kappa shape index (κ2) is 7.46. The van der Waals surface area contributed by atoms with Gasteiger partial charge in [0.25, 0.3) is 5.91 Å². The molecule has 0 saturated heterocycles. The summed E-state index contributed by atoms with van der Waals surface area (Å²) < 4.78 is 3.05. The lowest BCUT2D eigenvalue weighted by Crippen LogP contribution is -2.32. The summed E-state index contributed by atoms with van der Waals surface area (Å²) in [6, 6.07) is 11.6. The van der Waals surface area contributed by atoms with Crippen LogP contribution in [0.5, 0.6) is 0 Å². The highest BCUT2D eigenvalue weighted by atomic mass is 79.9. The predicted molar refractivity (Wildman–Crippen MR) is 89.2 cm³/mol. The first-order valence-corrected chi connectivity index (χ1v) is 8.06. The van der Waals surface area contributed by atoms with E-state index in [1.54, 1.807) is 0 Å². The van der Waals surface area contributed by atoms with E-state index in [0.29, 0.717) is 6.54 Å². The molecule has 3 nitrogen and oxygen atoms in total. The summed E-state index contributed by atoms with van der Waals surface area (Å²) in [4.78, 5) is 14.6.